The van der Waals surface area contributed by atoms with E-state index in [0.29, 0.717) is 10.6 Å². The smallest absolute Gasteiger partial charge is 0.545 e. The van der Waals surface area contributed by atoms with Crippen molar-refractivity contribution in [2.75, 3.05) is 5.32 Å². The molecule has 0 atom stereocenters. The molecule has 0 aliphatic carbocycles. The van der Waals surface area contributed by atoms with E-state index in [1.807, 2.05) is 30.3 Å². The molecule has 3 aromatic carbocycles. The van der Waals surface area contributed by atoms with Crippen molar-refractivity contribution in [1.82, 2.24) is 0 Å². The molecule has 0 saturated heterocycles. The minimum Gasteiger partial charge on any atom is -0.545 e. The van der Waals surface area contributed by atoms with Crippen molar-refractivity contribution >= 4 is 40.8 Å². The van der Waals surface area contributed by atoms with E-state index in [-0.39, 0.29) is 40.7 Å². The standard InChI is InChI=1S/C20H13Cl2NO3.Li/c21-14-7-8-15(17(22)11-14)19(24)23-18-9-6-13(10-16(18)20(25)26)12-4-2-1-3-5-12;/h1-11H,(H,23,24)(H,25,26);/q;+1/p-1. The number of carboxylic acids is 1. The molecule has 1 amide bonds. The first kappa shape index (κ1) is 21.1. The summed E-state index contributed by atoms with van der Waals surface area (Å²) in [6.07, 6.45) is 0. The van der Waals surface area contributed by atoms with Crippen LogP contribution in [0.3, 0.4) is 0 Å². The number of nitrogens with one attached hydrogen (secondary N) is 1. The number of carboxylic acid groups (broad SMARTS) is 1. The summed E-state index contributed by atoms with van der Waals surface area (Å²) in [6, 6.07) is 18.4. The largest absolute Gasteiger partial charge is 1.00 e. The Morgan fingerprint density at radius 3 is 2.15 bits per heavy atom. The third-order valence-electron chi connectivity index (χ3n) is 3.77. The average Bonchev–Trinajstić information content (AvgIpc) is 2.62. The van der Waals surface area contributed by atoms with Crippen LogP contribution < -0.4 is 29.3 Å². The van der Waals surface area contributed by atoms with Crippen LogP contribution in [0.5, 0.6) is 0 Å². The maximum Gasteiger partial charge on any atom is 1.00 e. The molecule has 0 aliphatic rings. The van der Waals surface area contributed by atoms with E-state index in [1.165, 1.54) is 30.3 Å². The Balaban J connectivity index is 0.00000261. The first-order valence-corrected chi connectivity index (χ1v) is 8.38. The second-order valence-corrected chi connectivity index (χ2v) is 6.34. The van der Waals surface area contributed by atoms with Crippen molar-refractivity contribution in [3.8, 4) is 11.1 Å². The van der Waals surface area contributed by atoms with Gasteiger partial charge in [0.2, 0.25) is 0 Å². The van der Waals surface area contributed by atoms with E-state index in [0.717, 1.165) is 5.56 Å². The molecule has 130 valence electrons. The molecule has 3 aromatic rings. The minimum atomic E-state index is -1.39. The number of benzene rings is 3. The zero-order chi connectivity index (χ0) is 18.7. The number of carbonyl (C=O) groups is 2. The van der Waals surface area contributed by atoms with E-state index >= 15 is 0 Å². The summed E-state index contributed by atoms with van der Waals surface area (Å²) in [5, 5.41) is 14.7. The molecule has 4 nitrogen and oxygen atoms in total. The number of halogens is 2. The van der Waals surface area contributed by atoms with Crippen LogP contribution in [0.2, 0.25) is 10.0 Å². The van der Waals surface area contributed by atoms with Crippen LogP contribution >= 0.6 is 23.2 Å². The Kier molecular flexibility index (Phi) is 7.12. The van der Waals surface area contributed by atoms with E-state index in [1.54, 1.807) is 6.07 Å². The summed E-state index contributed by atoms with van der Waals surface area (Å²) >= 11 is 11.8. The molecular formula is C20H12Cl2LiNO3. The monoisotopic (exact) mass is 391 g/mol. The molecule has 0 bridgehead atoms. The van der Waals surface area contributed by atoms with Gasteiger partial charge in [-0.05, 0) is 41.5 Å². The van der Waals surface area contributed by atoms with E-state index < -0.39 is 11.9 Å². The molecule has 27 heavy (non-hydrogen) atoms. The minimum absolute atomic E-state index is 0. The van der Waals surface area contributed by atoms with Gasteiger partial charge < -0.3 is 15.2 Å². The van der Waals surface area contributed by atoms with Crippen LogP contribution in [0.4, 0.5) is 5.69 Å². The van der Waals surface area contributed by atoms with Crippen molar-refractivity contribution in [1.29, 1.82) is 0 Å². The zero-order valence-electron chi connectivity index (χ0n) is 14.3. The first-order chi connectivity index (χ1) is 12.5. The number of hydrogen-bond donors (Lipinski definition) is 1. The van der Waals surface area contributed by atoms with Gasteiger partial charge in [0.15, 0.2) is 0 Å². The summed E-state index contributed by atoms with van der Waals surface area (Å²) in [7, 11) is 0. The van der Waals surface area contributed by atoms with Crippen molar-refractivity contribution in [3.63, 3.8) is 0 Å². The fourth-order valence-corrected chi connectivity index (χ4v) is 2.99. The van der Waals surface area contributed by atoms with Crippen molar-refractivity contribution < 1.29 is 33.6 Å². The Morgan fingerprint density at radius 2 is 1.52 bits per heavy atom. The van der Waals surface area contributed by atoms with E-state index in [2.05, 4.69) is 5.32 Å². The van der Waals surface area contributed by atoms with Gasteiger partial charge in [-0.25, -0.2) is 0 Å². The van der Waals surface area contributed by atoms with Crippen LogP contribution in [0, 0.1) is 0 Å². The van der Waals surface area contributed by atoms with Gasteiger partial charge in [-0.2, -0.15) is 0 Å². The summed E-state index contributed by atoms with van der Waals surface area (Å²) in [5.41, 5.74) is 1.75. The third-order valence-corrected chi connectivity index (χ3v) is 4.32. The maximum atomic E-state index is 12.4. The topological polar surface area (TPSA) is 69.2 Å². The fourth-order valence-electron chi connectivity index (χ4n) is 2.50. The molecular weight excluding hydrogens is 380 g/mol. The number of carbonyl (C=O) groups excluding carboxylic acids is 2. The van der Waals surface area contributed by atoms with Crippen molar-refractivity contribution in [3.05, 3.63) is 87.9 Å². The predicted octanol–water partition coefficient (Wildman–Crippen LogP) is 1.28. The average molecular weight is 392 g/mol. The quantitative estimate of drug-likeness (QED) is 0.681. The number of rotatable bonds is 4. The van der Waals surface area contributed by atoms with Gasteiger partial charge in [0.25, 0.3) is 5.91 Å². The van der Waals surface area contributed by atoms with Gasteiger partial charge in [0, 0.05) is 10.6 Å². The summed E-state index contributed by atoms with van der Waals surface area (Å²) < 4.78 is 0. The molecule has 0 unspecified atom stereocenters. The van der Waals surface area contributed by atoms with Crippen LogP contribution in [0.25, 0.3) is 11.1 Å². The number of amides is 1. The fraction of sp³-hybridized carbons (Fsp3) is 0. The van der Waals surface area contributed by atoms with Crippen LogP contribution in [-0.4, -0.2) is 11.9 Å². The van der Waals surface area contributed by atoms with Crippen molar-refractivity contribution in [2.24, 2.45) is 0 Å². The molecule has 0 heterocycles. The van der Waals surface area contributed by atoms with Crippen LogP contribution in [0.1, 0.15) is 20.7 Å². The normalized spacial score (nSPS) is 10.0. The second-order valence-electron chi connectivity index (χ2n) is 5.49. The SMILES string of the molecule is O=C(Nc1ccc(-c2ccccc2)cc1C(=O)[O-])c1ccc(Cl)cc1Cl.[Li+]. The summed E-state index contributed by atoms with van der Waals surface area (Å²) in [5.74, 6) is -1.93. The molecule has 0 aliphatic heterocycles. The summed E-state index contributed by atoms with van der Waals surface area (Å²) in [6.45, 7) is 0. The van der Waals surface area contributed by atoms with E-state index in [9.17, 15) is 14.7 Å². The zero-order valence-corrected chi connectivity index (χ0v) is 15.8. The number of anilines is 1. The third kappa shape index (κ3) is 4.94. The number of hydrogen-bond acceptors (Lipinski definition) is 3. The van der Waals surface area contributed by atoms with Gasteiger partial charge >= 0.3 is 18.9 Å². The summed E-state index contributed by atoms with van der Waals surface area (Å²) in [4.78, 5) is 24.0. The molecule has 0 fully saturated rings. The Bertz CT molecular complexity index is 994. The molecule has 0 saturated carbocycles. The molecule has 7 heteroatoms. The van der Waals surface area contributed by atoms with Crippen molar-refractivity contribution in [2.45, 2.75) is 0 Å². The number of aromatic carboxylic acids is 1. The molecule has 0 spiro atoms. The van der Waals surface area contributed by atoms with Gasteiger partial charge in [0.05, 0.1) is 22.2 Å². The molecule has 0 aromatic heterocycles. The molecule has 1 N–H and O–H groups in total. The first-order valence-electron chi connectivity index (χ1n) is 7.63. The van der Waals surface area contributed by atoms with Crippen LogP contribution in [0.15, 0.2) is 66.7 Å². The Morgan fingerprint density at radius 1 is 0.815 bits per heavy atom. The van der Waals surface area contributed by atoms with Gasteiger partial charge in [-0.15, -0.1) is 0 Å². The van der Waals surface area contributed by atoms with Gasteiger partial charge in [-0.3, -0.25) is 4.79 Å². The Hall–Kier alpha value is -2.22. The molecule has 3 rings (SSSR count). The maximum absolute atomic E-state index is 12.4. The second kappa shape index (κ2) is 9.12. The van der Waals surface area contributed by atoms with Gasteiger partial charge in [-0.1, -0.05) is 59.6 Å². The van der Waals surface area contributed by atoms with Gasteiger partial charge in [0.1, 0.15) is 0 Å². The predicted molar refractivity (Wildman–Crippen MR) is 101 cm³/mol. The van der Waals surface area contributed by atoms with Crippen LogP contribution in [-0.2, 0) is 0 Å². The Labute approximate surface area is 178 Å². The molecule has 0 radical (unpaired) electrons. The van der Waals surface area contributed by atoms with E-state index in [4.69, 9.17) is 23.2 Å².